The third kappa shape index (κ3) is 3.33. The van der Waals surface area contributed by atoms with E-state index in [0.717, 1.165) is 22.6 Å². The summed E-state index contributed by atoms with van der Waals surface area (Å²) >= 11 is 6.39. The summed E-state index contributed by atoms with van der Waals surface area (Å²) in [7, 11) is 1.62. The number of fused-ring (bicyclic) bond motifs is 5. The van der Waals surface area contributed by atoms with E-state index in [1.165, 1.54) is 0 Å². The Kier molecular flexibility index (Phi) is 5.14. The number of methoxy groups -OCH3 is 1. The van der Waals surface area contributed by atoms with Crippen molar-refractivity contribution >= 4 is 17.6 Å². The fourth-order valence-corrected chi connectivity index (χ4v) is 4.13. The second-order valence-electron chi connectivity index (χ2n) is 7.31. The van der Waals surface area contributed by atoms with E-state index in [4.69, 9.17) is 21.1 Å². The first-order valence-electron chi connectivity index (χ1n) is 10.2. The molecule has 162 valence electrons. The molecule has 0 atom stereocenters. The van der Waals surface area contributed by atoms with Crippen LogP contribution in [0.1, 0.15) is 34.5 Å². The van der Waals surface area contributed by atoms with Crippen LogP contribution in [0.5, 0.6) is 5.75 Å². The predicted molar refractivity (Wildman–Crippen MR) is 118 cm³/mol. The van der Waals surface area contributed by atoms with Gasteiger partial charge in [-0.05, 0) is 36.8 Å². The molecule has 0 bridgehead atoms. The number of benzene rings is 2. The number of carbonyl (C=O) groups excluding carboxylic acids is 1. The lowest BCUT2D eigenvalue weighted by atomic mass is 10.1. The Morgan fingerprint density at radius 1 is 1.19 bits per heavy atom. The molecule has 1 aliphatic heterocycles. The van der Waals surface area contributed by atoms with E-state index in [0.29, 0.717) is 35.3 Å². The smallest absolute Gasteiger partial charge is 0.358 e. The third-order valence-electron chi connectivity index (χ3n) is 5.48. The van der Waals surface area contributed by atoms with Gasteiger partial charge in [-0.2, -0.15) is 0 Å². The molecule has 0 unspecified atom stereocenters. The van der Waals surface area contributed by atoms with Crippen LogP contribution in [-0.4, -0.2) is 44.0 Å². The number of esters is 1. The second-order valence-corrected chi connectivity index (χ2v) is 7.71. The Bertz CT molecular complexity index is 1330. The third-order valence-corrected chi connectivity index (χ3v) is 5.85. The Morgan fingerprint density at radius 2 is 2.03 bits per heavy atom. The highest BCUT2D eigenvalue weighted by Crippen LogP contribution is 2.35. The van der Waals surface area contributed by atoms with Crippen molar-refractivity contribution in [3.8, 4) is 22.8 Å². The van der Waals surface area contributed by atoms with Crippen molar-refractivity contribution in [2.45, 2.75) is 19.9 Å². The molecule has 9 heteroatoms. The number of aromatic nitrogens is 5. The summed E-state index contributed by atoms with van der Waals surface area (Å²) in [4.78, 5) is 17.0. The van der Waals surface area contributed by atoms with Crippen LogP contribution in [0.4, 0.5) is 0 Å². The first kappa shape index (κ1) is 20.3. The summed E-state index contributed by atoms with van der Waals surface area (Å²) < 4.78 is 14.6. The van der Waals surface area contributed by atoms with E-state index in [9.17, 15) is 4.79 Å². The molecule has 0 N–H and O–H groups in total. The van der Waals surface area contributed by atoms with Gasteiger partial charge in [-0.1, -0.05) is 29.8 Å². The van der Waals surface area contributed by atoms with Crippen molar-refractivity contribution in [2.75, 3.05) is 13.7 Å². The largest absolute Gasteiger partial charge is 0.497 e. The molecule has 1 aliphatic rings. The molecule has 5 rings (SSSR count). The highest BCUT2D eigenvalue weighted by Gasteiger charge is 2.29. The van der Waals surface area contributed by atoms with Gasteiger partial charge in [-0.15, -0.1) is 10.2 Å². The molecule has 0 amide bonds. The Morgan fingerprint density at radius 3 is 2.81 bits per heavy atom. The molecule has 0 spiro atoms. The van der Waals surface area contributed by atoms with Crippen LogP contribution in [0.2, 0.25) is 5.02 Å². The maximum atomic E-state index is 12.6. The molecule has 0 saturated carbocycles. The number of hydrogen-bond donors (Lipinski definition) is 0. The molecule has 0 radical (unpaired) electrons. The predicted octanol–water partition coefficient (Wildman–Crippen LogP) is 3.92. The van der Waals surface area contributed by atoms with Crippen molar-refractivity contribution in [1.82, 2.24) is 24.3 Å². The standard InChI is InChI=1S/C23H20ClN5O3/c1-3-32-23(30)21-19-12-28-20(10-14-6-4-5-7-17(14)24)26-27-22(28)16-11-15(31-2)8-9-18(16)29(19)13-25-21/h4-9,11,13H,3,10,12H2,1-2H3. The van der Waals surface area contributed by atoms with Crippen molar-refractivity contribution in [3.63, 3.8) is 0 Å². The lowest BCUT2D eigenvalue weighted by Crippen LogP contribution is -2.14. The Hall–Kier alpha value is -3.65. The van der Waals surface area contributed by atoms with E-state index in [-0.39, 0.29) is 12.3 Å². The molecule has 32 heavy (non-hydrogen) atoms. The van der Waals surface area contributed by atoms with E-state index in [1.54, 1.807) is 20.4 Å². The molecular formula is C23H20ClN5O3. The summed E-state index contributed by atoms with van der Waals surface area (Å²) in [5, 5.41) is 9.63. The summed E-state index contributed by atoms with van der Waals surface area (Å²) in [5.74, 6) is 1.64. The lowest BCUT2D eigenvalue weighted by molar-refractivity contribution is 0.0518. The molecule has 4 aromatic rings. The van der Waals surface area contributed by atoms with Gasteiger partial charge in [-0.25, -0.2) is 9.78 Å². The van der Waals surface area contributed by atoms with Crippen LogP contribution < -0.4 is 4.74 Å². The van der Waals surface area contributed by atoms with Crippen molar-refractivity contribution in [3.05, 3.63) is 76.6 Å². The summed E-state index contributed by atoms with van der Waals surface area (Å²) in [6, 6.07) is 13.3. The topological polar surface area (TPSA) is 84.1 Å². The zero-order valence-corrected chi connectivity index (χ0v) is 18.3. The van der Waals surface area contributed by atoms with Gasteiger partial charge in [0.1, 0.15) is 17.9 Å². The maximum Gasteiger partial charge on any atom is 0.358 e. The number of ether oxygens (including phenoxy) is 2. The van der Waals surface area contributed by atoms with Gasteiger partial charge in [0.2, 0.25) is 0 Å². The fraction of sp³-hybridized carbons (Fsp3) is 0.217. The number of rotatable bonds is 5. The van der Waals surface area contributed by atoms with Crippen LogP contribution >= 0.6 is 11.6 Å². The lowest BCUT2D eigenvalue weighted by Gasteiger charge is -2.10. The minimum Gasteiger partial charge on any atom is -0.497 e. The Labute approximate surface area is 189 Å². The van der Waals surface area contributed by atoms with Gasteiger partial charge >= 0.3 is 5.97 Å². The maximum absolute atomic E-state index is 12.6. The average molecular weight is 450 g/mol. The highest BCUT2D eigenvalue weighted by atomic mass is 35.5. The molecular weight excluding hydrogens is 430 g/mol. The van der Waals surface area contributed by atoms with Gasteiger partial charge in [0.15, 0.2) is 11.5 Å². The van der Waals surface area contributed by atoms with Crippen LogP contribution in [0.25, 0.3) is 17.1 Å². The molecule has 0 aliphatic carbocycles. The van der Waals surface area contributed by atoms with Crippen LogP contribution in [0.15, 0.2) is 48.8 Å². The average Bonchev–Trinajstić information content (AvgIpc) is 3.37. The molecule has 2 aromatic carbocycles. The number of imidazole rings is 1. The van der Waals surface area contributed by atoms with Gasteiger partial charge in [-0.3, -0.25) is 4.57 Å². The monoisotopic (exact) mass is 449 g/mol. The van der Waals surface area contributed by atoms with E-state index in [1.807, 2.05) is 51.6 Å². The highest BCUT2D eigenvalue weighted by molar-refractivity contribution is 6.31. The van der Waals surface area contributed by atoms with E-state index < -0.39 is 5.97 Å². The van der Waals surface area contributed by atoms with Crippen molar-refractivity contribution < 1.29 is 14.3 Å². The molecule has 2 aromatic heterocycles. The number of nitrogens with zero attached hydrogens (tertiary/aromatic N) is 5. The fourth-order valence-electron chi connectivity index (χ4n) is 3.93. The van der Waals surface area contributed by atoms with Gasteiger partial charge < -0.3 is 14.0 Å². The summed E-state index contributed by atoms with van der Waals surface area (Å²) in [5.41, 5.74) is 3.58. The second kappa shape index (κ2) is 8.12. The zero-order valence-electron chi connectivity index (χ0n) is 17.6. The molecule has 0 fully saturated rings. The number of hydrogen-bond acceptors (Lipinski definition) is 6. The summed E-state index contributed by atoms with van der Waals surface area (Å²) in [6.45, 7) is 2.40. The molecule has 8 nitrogen and oxygen atoms in total. The first-order valence-corrected chi connectivity index (χ1v) is 10.6. The molecule has 3 heterocycles. The van der Waals surface area contributed by atoms with Crippen molar-refractivity contribution in [1.29, 1.82) is 0 Å². The quantitative estimate of drug-likeness (QED) is 0.378. The normalized spacial score (nSPS) is 11.8. The van der Waals surface area contributed by atoms with Crippen molar-refractivity contribution in [2.24, 2.45) is 0 Å². The minimum atomic E-state index is -0.458. The molecule has 0 saturated heterocycles. The van der Waals surface area contributed by atoms with E-state index in [2.05, 4.69) is 15.2 Å². The van der Waals surface area contributed by atoms with Gasteiger partial charge in [0.05, 0.1) is 31.6 Å². The Balaban J connectivity index is 1.70. The van der Waals surface area contributed by atoms with E-state index >= 15 is 0 Å². The first-order chi connectivity index (χ1) is 15.6. The van der Waals surface area contributed by atoms with Crippen LogP contribution in [0, 0.1) is 0 Å². The number of carbonyl (C=O) groups is 1. The van der Waals surface area contributed by atoms with Crippen LogP contribution in [0.3, 0.4) is 0 Å². The van der Waals surface area contributed by atoms with Crippen LogP contribution in [-0.2, 0) is 17.7 Å². The minimum absolute atomic E-state index is 0.272. The SMILES string of the molecule is CCOC(=O)c1ncn2c1Cn1c(Cc3ccccc3Cl)nnc1-c1cc(OC)ccc1-2. The number of halogens is 1. The zero-order chi connectivity index (χ0) is 22.2. The summed E-state index contributed by atoms with van der Waals surface area (Å²) in [6.07, 6.45) is 2.13. The van der Waals surface area contributed by atoms with Gasteiger partial charge in [0, 0.05) is 17.0 Å². The van der Waals surface area contributed by atoms with Gasteiger partial charge in [0.25, 0.3) is 0 Å².